The second kappa shape index (κ2) is 11.3. The fraction of sp³-hybridized carbons (Fsp3) is 0.278. The van der Waals surface area contributed by atoms with E-state index in [2.05, 4.69) is 10.3 Å². The first-order valence-corrected chi connectivity index (χ1v) is 7.75. The van der Waals surface area contributed by atoms with Gasteiger partial charge in [-0.2, -0.15) is 0 Å². The van der Waals surface area contributed by atoms with E-state index in [1.165, 1.54) is 0 Å². The van der Waals surface area contributed by atoms with Gasteiger partial charge in [-0.1, -0.05) is 12.1 Å². The standard InChI is InChI=1S/C18H22N4O2.2ClH/c1-13-6-7-14(19)11-16(13)18(24)21-12-17(23)22(2)10-8-15-5-3-4-9-20-15;;/h3-7,9,11H,8,10,12,19H2,1-2H3,(H,21,24);2*1H. The predicted octanol–water partition coefficient (Wildman–Crippen LogP) is 2.25. The third-order valence-corrected chi connectivity index (χ3v) is 3.76. The normalized spacial score (nSPS) is 9.46. The van der Waals surface area contributed by atoms with Crippen molar-refractivity contribution in [3.05, 3.63) is 59.4 Å². The second-order valence-electron chi connectivity index (χ2n) is 5.64. The molecule has 0 saturated heterocycles. The lowest BCUT2D eigenvalue weighted by Gasteiger charge is -2.17. The molecule has 2 aromatic rings. The second-order valence-corrected chi connectivity index (χ2v) is 5.64. The molecular formula is C18H24Cl2N4O2. The Bertz CT molecular complexity index is 726. The Morgan fingerprint density at radius 1 is 1.19 bits per heavy atom. The number of nitrogen functional groups attached to an aromatic ring is 1. The molecule has 0 aliphatic heterocycles. The number of nitrogens with one attached hydrogen (secondary N) is 1. The van der Waals surface area contributed by atoms with E-state index in [4.69, 9.17) is 5.73 Å². The van der Waals surface area contributed by atoms with Crippen molar-refractivity contribution in [2.24, 2.45) is 0 Å². The highest BCUT2D eigenvalue weighted by Crippen LogP contribution is 2.12. The van der Waals surface area contributed by atoms with Gasteiger partial charge >= 0.3 is 0 Å². The molecule has 0 fully saturated rings. The first-order valence-electron chi connectivity index (χ1n) is 7.75. The molecule has 0 aliphatic carbocycles. The lowest BCUT2D eigenvalue weighted by atomic mass is 10.1. The van der Waals surface area contributed by atoms with Crippen LogP contribution >= 0.6 is 24.8 Å². The fourth-order valence-corrected chi connectivity index (χ4v) is 2.22. The molecule has 0 atom stereocenters. The third-order valence-electron chi connectivity index (χ3n) is 3.76. The Labute approximate surface area is 166 Å². The van der Waals surface area contributed by atoms with Crippen LogP contribution in [-0.2, 0) is 11.2 Å². The topological polar surface area (TPSA) is 88.3 Å². The number of nitrogens with two attached hydrogens (primary N) is 1. The third kappa shape index (κ3) is 6.90. The number of nitrogens with zero attached hydrogens (tertiary/aromatic N) is 2. The summed E-state index contributed by atoms with van der Waals surface area (Å²) in [5.41, 5.74) is 8.45. The van der Waals surface area contributed by atoms with E-state index in [1.54, 1.807) is 36.3 Å². The molecule has 0 aliphatic rings. The first-order chi connectivity index (χ1) is 11.5. The number of hydrogen-bond donors (Lipinski definition) is 2. The van der Waals surface area contributed by atoms with Crippen molar-refractivity contribution >= 4 is 42.3 Å². The van der Waals surface area contributed by atoms with Crippen molar-refractivity contribution in [3.63, 3.8) is 0 Å². The summed E-state index contributed by atoms with van der Waals surface area (Å²) in [6.45, 7) is 2.32. The van der Waals surface area contributed by atoms with Crippen LogP contribution in [0.15, 0.2) is 42.6 Å². The zero-order valence-electron chi connectivity index (χ0n) is 14.8. The predicted molar refractivity (Wildman–Crippen MR) is 108 cm³/mol. The van der Waals surface area contributed by atoms with Gasteiger partial charge in [-0.15, -0.1) is 24.8 Å². The quantitative estimate of drug-likeness (QED) is 0.730. The molecule has 1 aromatic carbocycles. The van der Waals surface area contributed by atoms with E-state index >= 15 is 0 Å². The van der Waals surface area contributed by atoms with Crippen LogP contribution in [0.1, 0.15) is 21.6 Å². The summed E-state index contributed by atoms with van der Waals surface area (Å²) in [5.74, 6) is -0.452. The van der Waals surface area contributed by atoms with Gasteiger partial charge in [0.05, 0.1) is 6.54 Å². The maximum absolute atomic E-state index is 12.2. The van der Waals surface area contributed by atoms with E-state index in [1.807, 2.05) is 25.1 Å². The first kappa shape index (κ1) is 23.7. The van der Waals surface area contributed by atoms with Gasteiger partial charge in [-0.05, 0) is 36.8 Å². The van der Waals surface area contributed by atoms with Gasteiger partial charge in [0.25, 0.3) is 5.91 Å². The molecule has 6 nitrogen and oxygen atoms in total. The monoisotopic (exact) mass is 398 g/mol. The number of amides is 2. The lowest BCUT2D eigenvalue weighted by Crippen LogP contribution is -2.39. The van der Waals surface area contributed by atoms with Crippen LogP contribution in [0.25, 0.3) is 0 Å². The minimum atomic E-state index is -0.300. The van der Waals surface area contributed by atoms with Crippen molar-refractivity contribution in [2.45, 2.75) is 13.3 Å². The Hall–Kier alpha value is -2.31. The van der Waals surface area contributed by atoms with Crippen molar-refractivity contribution in [2.75, 3.05) is 25.9 Å². The van der Waals surface area contributed by atoms with Crippen LogP contribution in [0, 0.1) is 6.92 Å². The zero-order chi connectivity index (χ0) is 17.5. The van der Waals surface area contributed by atoms with Crippen LogP contribution in [-0.4, -0.2) is 41.8 Å². The average Bonchev–Trinajstić information content (AvgIpc) is 2.60. The Balaban J connectivity index is 0.00000312. The van der Waals surface area contributed by atoms with Gasteiger partial charge in [0, 0.05) is 43.2 Å². The van der Waals surface area contributed by atoms with Crippen molar-refractivity contribution in [1.82, 2.24) is 15.2 Å². The van der Waals surface area contributed by atoms with E-state index < -0.39 is 0 Å². The number of rotatable bonds is 6. The maximum Gasteiger partial charge on any atom is 0.252 e. The van der Waals surface area contributed by atoms with Crippen LogP contribution in [0.4, 0.5) is 5.69 Å². The number of aromatic nitrogens is 1. The van der Waals surface area contributed by atoms with Gasteiger partial charge in [0.2, 0.25) is 5.91 Å². The van der Waals surface area contributed by atoms with Gasteiger partial charge < -0.3 is 16.0 Å². The van der Waals surface area contributed by atoms with Crippen molar-refractivity contribution in [1.29, 1.82) is 0 Å². The molecule has 0 spiro atoms. The molecule has 2 rings (SSSR count). The van der Waals surface area contributed by atoms with Crippen LogP contribution in [0.5, 0.6) is 0 Å². The highest BCUT2D eigenvalue weighted by atomic mass is 35.5. The zero-order valence-corrected chi connectivity index (χ0v) is 16.4. The molecule has 1 heterocycles. The number of aryl methyl sites for hydroxylation is 1. The molecular weight excluding hydrogens is 375 g/mol. The lowest BCUT2D eigenvalue weighted by molar-refractivity contribution is -0.128. The molecule has 0 unspecified atom stereocenters. The highest BCUT2D eigenvalue weighted by Gasteiger charge is 2.13. The summed E-state index contributed by atoms with van der Waals surface area (Å²) in [4.78, 5) is 30.1. The number of hydrogen-bond acceptors (Lipinski definition) is 4. The van der Waals surface area contributed by atoms with E-state index in [-0.39, 0.29) is 43.2 Å². The summed E-state index contributed by atoms with van der Waals surface area (Å²) in [5, 5.41) is 2.64. The van der Waals surface area contributed by atoms with E-state index in [0.29, 0.717) is 24.2 Å². The van der Waals surface area contributed by atoms with E-state index in [0.717, 1.165) is 11.3 Å². The minimum absolute atomic E-state index is 0. The van der Waals surface area contributed by atoms with Gasteiger partial charge in [-0.3, -0.25) is 14.6 Å². The molecule has 0 saturated carbocycles. The van der Waals surface area contributed by atoms with Crippen molar-refractivity contribution in [3.8, 4) is 0 Å². The number of carbonyl (C=O) groups is 2. The van der Waals surface area contributed by atoms with Gasteiger partial charge in [0.1, 0.15) is 0 Å². The molecule has 3 N–H and O–H groups in total. The number of pyridine rings is 1. The van der Waals surface area contributed by atoms with Crippen LogP contribution < -0.4 is 11.1 Å². The number of likely N-dealkylation sites (N-methyl/N-ethyl adjacent to an activating group) is 1. The number of benzene rings is 1. The molecule has 2 amide bonds. The summed E-state index contributed by atoms with van der Waals surface area (Å²) in [7, 11) is 1.71. The number of anilines is 1. The van der Waals surface area contributed by atoms with E-state index in [9.17, 15) is 9.59 Å². The highest BCUT2D eigenvalue weighted by molar-refractivity contribution is 5.98. The Morgan fingerprint density at radius 2 is 1.92 bits per heavy atom. The summed E-state index contributed by atoms with van der Waals surface area (Å²) < 4.78 is 0. The summed E-state index contributed by atoms with van der Waals surface area (Å²) in [6.07, 6.45) is 2.40. The largest absolute Gasteiger partial charge is 0.399 e. The molecule has 142 valence electrons. The van der Waals surface area contributed by atoms with Gasteiger partial charge in [-0.25, -0.2) is 0 Å². The maximum atomic E-state index is 12.2. The summed E-state index contributed by atoms with van der Waals surface area (Å²) in [6, 6.07) is 10.8. The fourth-order valence-electron chi connectivity index (χ4n) is 2.22. The van der Waals surface area contributed by atoms with Crippen molar-refractivity contribution < 1.29 is 9.59 Å². The SMILES string of the molecule is Cc1ccc(N)cc1C(=O)NCC(=O)N(C)CCc1ccccn1.Cl.Cl. The van der Waals surface area contributed by atoms with Crippen LogP contribution in [0.3, 0.4) is 0 Å². The minimum Gasteiger partial charge on any atom is -0.399 e. The molecule has 26 heavy (non-hydrogen) atoms. The average molecular weight is 399 g/mol. The smallest absolute Gasteiger partial charge is 0.252 e. The van der Waals surface area contributed by atoms with Crippen LogP contribution in [0.2, 0.25) is 0 Å². The molecule has 0 bridgehead atoms. The number of halogens is 2. The summed E-state index contributed by atoms with van der Waals surface area (Å²) >= 11 is 0. The number of carbonyl (C=O) groups excluding carboxylic acids is 2. The Kier molecular flexibility index (Phi) is 10.3. The molecule has 8 heteroatoms. The van der Waals surface area contributed by atoms with Gasteiger partial charge in [0.15, 0.2) is 0 Å². The molecule has 1 aromatic heterocycles. The molecule has 0 radical (unpaired) electrons. The Morgan fingerprint density at radius 3 is 2.58 bits per heavy atom.